The number of unbranched alkanes of at least 4 members (excludes halogenated alkanes) is 2. The summed E-state index contributed by atoms with van der Waals surface area (Å²) < 4.78 is 5.66. The van der Waals surface area contributed by atoms with E-state index in [0.717, 1.165) is 35.4 Å². The number of carbonyl (C=O) groups excluding carboxylic acids is 1. The minimum Gasteiger partial charge on any atom is -0.494 e. The van der Waals surface area contributed by atoms with Crippen LogP contribution in [0, 0.1) is 13.8 Å². The van der Waals surface area contributed by atoms with Gasteiger partial charge in [0.15, 0.2) is 5.11 Å². The molecular formula is C21H26N2O2S. The quantitative estimate of drug-likeness (QED) is 0.532. The van der Waals surface area contributed by atoms with Crippen molar-refractivity contribution in [2.24, 2.45) is 0 Å². The van der Waals surface area contributed by atoms with Crippen molar-refractivity contribution in [2.45, 2.75) is 40.0 Å². The van der Waals surface area contributed by atoms with Gasteiger partial charge in [-0.05, 0) is 67.9 Å². The number of aryl methyl sites for hydroxylation is 2. The molecule has 2 rings (SSSR count). The second-order valence-corrected chi connectivity index (χ2v) is 6.66. The zero-order valence-corrected chi connectivity index (χ0v) is 16.4. The Morgan fingerprint density at radius 3 is 2.31 bits per heavy atom. The number of carbonyl (C=O) groups is 1. The Labute approximate surface area is 161 Å². The van der Waals surface area contributed by atoms with Crippen LogP contribution in [0.25, 0.3) is 0 Å². The summed E-state index contributed by atoms with van der Waals surface area (Å²) in [5.74, 6) is 0.528. The van der Waals surface area contributed by atoms with Gasteiger partial charge in [0, 0.05) is 11.3 Å². The summed E-state index contributed by atoms with van der Waals surface area (Å²) in [7, 11) is 0. The largest absolute Gasteiger partial charge is 0.494 e. The van der Waals surface area contributed by atoms with Crippen LogP contribution < -0.4 is 15.4 Å². The van der Waals surface area contributed by atoms with E-state index in [1.807, 2.05) is 44.2 Å². The molecule has 0 saturated carbocycles. The average Bonchev–Trinajstić information content (AvgIpc) is 2.62. The van der Waals surface area contributed by atoms with Gasteiger partial charge in [0.1, 0.15) is 5.75 Å². The van der Waals surface area contributed by atoms with Crippen molar-refractivity contribution in [2.75, 3.05) is 11.9 Å². The van der Waals surface area contributed by atoms with Gasteiger partial charge in [-0.2, -0.15) is 0 Å². The van der Waals surface area contributed by atoms with Gasteiger partial charge in [0.05, 0.1) is 6.61 Å². The highest BCUT2D eigenvalue weighted by Crippen LogP contribution is 2.19. The molecule has 0 fully saturated rings. The Morgan fingerprint density at radius 1 is 1.04 bits per heavy atom. The average molecular weight is 371 g/mol. The lowest BCUT2D eigenvalue weighted by Gasteiger charge is -2.14. The topological polar surface area (TPSA) is 50.4 Å². The lowest BCUT2D eigenvalue weighted by Crippen LogP contribution is -2.34. The van der Waals surface area contributed by atoms with Crippen LogP contribution in [-0.4, -0.2) is 17.6 Å². The van der Waals surface area contributed by atoms with E-state index in [9.17, 15) is 4.79 Å². The Kier molecular flexibility index (Phi) is 7.60. The highest BCUT2D eigenvalue weighted by molar-refractivity contribution is 7.80. The number of rotatable bonds is 7. The maximum atomic E-state index is 12.3. The summed E-state index contributed by atoms with van der Waals surface area (Å²) in [6.07, 6.45) is 3.36. The first-order valence-corrected chi connectivity index (χ1v) is 9.33. The molecule has 2 aromatic rings. The van der Waals surface area contributed by atoms with Gasteiger partial charge in [-0.1, -0.05) is 38.0 Å². The van der Waals surface area contributed by atoms with Crippen LogP contribution in [-0.2, 0) is 0 Å². The summed E-state index contributed by atoms with van der Waals surface area (Å²) in [6.45, 7) is 6.86. The van der Waals surface area contributed by atoms with E-state index < -0.39 is 0 Å². The molecule has 0 radical (unpaired) electrons. The zero-order valence-electron chi connectivity index (χ0n) is 15.6. The lowest BCUT2D eigenvalue weighted by atomic mass is 10.1. The smallest absolute Gasteiger partial charge is 0.257 e. The fourth-order valence-corrected chi connectivity index (χ4v) is 2.77. The highest BCUT2D eigenvalue weighted by Gasteiger charge is 2.10. The van der Waals surface area contributed by atoms with Crippen LogP contribution in [0.5, 0.6) is 5.75 Å². The summed E-state index contributed by atoms with van der Waals surface area (Å²) in [5.41, 5.74) is 3.61. The Hall–Kier alpha value is -2.40. The standard InChI is InChI=1S/C21H26N2O2S/c1-4-5-6-14-25-18-12-10-17(11-13-18)20(24)23-21(26)22-19-15(2)8-7-9-16(19)3/h7-13H,4-6,14H2,1-3H3,(H2,22,23,24,26). The third-order valence-corrected chi connectivity index (χ3v) is 4.28. The fraction of sp³-hybridized carbons (Fsp3) is 0.333. The van der Waals surface area contributed by atoms with Crippen molar-refractivity contribution < 1.29 is 9.53 Å². The zero-order chi connectivity index (χ0) is 18.9. The van der Waals surface area contributed by atoms with Crippen molar-refractivity contribution in [1.82, 2.24) is 5.32 Å². The van der Waals surface area contributed by atoms with E-state index in [4.69, 9.17) is 17.0 Å². The number of nitrogens with one attached hydrogen (secondary N) is 2. The fourth-order valence-electron chi connectivity index (χ4n) is 2.58. The minimum atomic E-state index is -0.244. The van der Waals surface area contributed by atoms with Gasteiger partial charge >= 0.3 is 0 Å². The maximum absolute atomic E-state index is 12.3. The Bertz CT molecular complexity index is 737. The molecule has 0 heterocycles. The third-order valence-electron chi connectivity index (χ3n) is 4.08. The van der Waals surface area contributed by atoms with E-state index in [1.165, 1.54) is 6.42 Å². The summed E-state index contributed by atoms with van der Waals surface area (Å²) in [4.78, 5) is 12.3. The number of benzene rings is 2. The number of hydrogen-bond donors (Lipinski definition) is 2. The van der Waals surface area contributed by atoms with E-state index in [-0.39, 0.29) is 11.0 Å². The van der Waals surface area contributed by atoms with Crippen LogP contribution in [0.3, 0.4) is 0 Å². The summed E-state index contributed by atoms with van der Waals surface area (Å²) in [6, 6.07) is 13.1. The maximum Gasteiger partial charge on any atom is 0.257 e. The highest BCUT2D eigenvalue weighted by atomic mass is 32.1. The van der Waals surface area contributed by atoms with Crippen LogP contribution in [0.4, 0.5) is 5.69 Å². The molecule has 0 aliphatic heterocycles. The first-order valence-electron chi connectivity index (χ1n) is 8.92. The van der Waals surface area contributed by atoms with Crippen LogP contribution in [0.15, 0.2) is 42.5 Å². The molecule has 26 heavy (non-hydrogen) atoms. The monoisotopic (exact) mass is 370 g/mol. The van der Waals surface area contributed by atoms with Gasteiger partial charge in [-0.3, -0.25) is 10.1 Å². The molecule has 0 aliphatic carbocycles. The molecule has 4 nitrogen and oxygen atoms in total. The molecular weight excluding hydrogens is 344 g/mol. The molecule has 0 atom stereocenters. The van der Waals surface area contributed by atoms with E-state index in [1.54, 1.807) is 12.1 Å². The molecule has 2 aromatic carbocycles. The molecule has 0 aliphatic rings. The van der Waals surface area contributed by atoms with Crippen molar-refractivity contribution in [3.63, 3.8) is 0 Å². The lowest BCUT2D eigenvalue weighted by molar-refractivity contribution is 0.0977. The minimum absolute atomic E-state index is 0.244. The molecule has 0 saturated heterocycles. The number of ether oxygens (including phenoxy) is 1. The van der Waals surface area contributed by atoms with Gasteiger partial charge in [0.25, 0.3) is 5.91 Å². The number of amides is 1. The third kappa shape index (κ3) is 5.85. The summed E-state index contributed by atoms with van der Waals surface area (Å²) in [5, 5.41) is 6.11. The molecule has 5 heteroatoms. The van der Waals surface area contributed by atoms with E-state index in [2.05, 4.69) is 17.6 Å². The van der Waals surface area contributed by atoms with Crippen molar-refractivity contribution in [3.05, 3.63) is 59.2 Å². The Morgan fingerprint density at radius 2 is 1.69 bits per heavy atom. The van der Waals surface area contributed by atoms with Crippen molar-refractivity contribution >= 4 is 28.9 Å². The second-order valence-electron chi connectivity index (χ2n) is 6.26. The van der Waals surface area contributed by atoms with Crippen LogP contribution >= 0.6 is 12.2 Å². The van der Waals surface area contributed by atoms with Crippen molar-refractivity contribution in [1.29, 1.82) is 0 Å². The van der Waals surface area contributed by atoms with Gasteiger partial charge < -0.3 is 10.1 Å². The van der Waals surface area contributed by atoms with E-state index >= 15 is 0 Å². The molecule has 0 bridgehead atoms. The molecule has 138 valence electrons. The predicted molar refractivity (Wildman–Crippen MR) is 111 cm³/mol. The van der Waals surface area contributed by atoms with Gasteiger partial charge in [0.2, 0.25) is 0 Å². The van der Waals surface area contributed by atoms with Gasteiger partial charge in [-0.15, -0.1) is 0 Å². The number of para-hydroxylation sites is 1. The van der Waals surface area contributed by atoms with Crippen molar-refractivity contribution in [3.8, 4) is 5.75 Å². The van der Waals surface area contributed by atoms with Crippen LogP contribution in [0.2, 0.25) is 0 Å². The predicted octanol–water partition coefficient (Wildman–Crippen LogP) is 5.00. The normalized spacial score (nSPS) is 10.3. The number of anilines is 1. The summed E-state index contributed by atoms with van der Waals surface area (Å²) >= 11 is 5.27. The molecule has 0 unspecified atom stereocenters. The first-order chi connectivity index (χ1) is 12.5. The molecule has 2 N–H and O–H groups in total. The number of thiocarbonyl (C=S) groups is 1. The Balaban J connectivity index is 1.89. The first kappa shape index (κ1) is 19.9. The molecule has 0 spiro atoms. The van der Waals surface area contributed by atoms with Crippen LogP contribution in [0.1, 0.15) is 47.7 Å². The molecule has 0 aromatic heterocycles. The SMILES string of the molecule is CCCCCOc1ccc(C(=O)NC(=S)Nc2c(C)cccc2C)cc1. The second kappa shape index (κ2) is 9.92. The number of hydrogen-bond acceptors (Lipinski definition) is 3. The molecule has 1 amide bonds. The van der Waals surface area contributed by atoms with Gasteiger partial charge in [-0.25, -0.2) is 0 Å². The van der Waals surface area contributed by atoms with E-state index in [0.29, 0.717) is 12.2 Å².